The van der Waals surface area contributed by atoms with Gasteiger partial charge in [0.15, 0.2) is 6.29 Å². The Morgan fingerprint density at radius 3 is 1.95 bits per heavy atom. The molecule has 7 N–H and O–H groups in total. The molecule has 0 fully saturated rings. The van der Waals surface area contributed by atoms with Crippen LogP contribution in [0.2, 0.25) is 0 Å². The molecule has 0 aliphatic heterocycles. The molecule has 0 saturated heterocycles. The zero-order chi connectivity index (χ0) is 15.4. The summed E-state index contributed by atoms with van der Waals surface area (Å²) in [5, 5.41) is 33.3. The van der Waals surface area contributed by atoms with Crippen LogP contribution in [0.25, 0.3) is 0 Å². The second-order valence-corrected chi connectivity index (χ2v) is 5.94. The number of rotatable bonds is 8. The molecule has 21 heavy (non-hydrogen) atoms. The minimum absolute atomic E-state index is 0. The quantitative estimate of drug-likeness (QED) is 0.115. The molecule has 1 unspecified atom stereocenters. The van der Waals surface area contributed by atoms with Gasteiger partial charge in [-0.3, -0.25) is 4.57 Å². The van der Waals surface area contributed by atoms with E-state index in [-0.39, 0.29) is 112 Å². The molecular weight excluding hydrogens is 388 g/mol. The summed E-state index contributed by atoms with van der Waals surface area (Å²) in [6, 6.07) is 0. The maximum Gasteiger partial charge on any atom is 1.00 e. The van der Waals surface area contributed by atoms with E-state index in [1.54, 1.807) is 0 Å². The Kier molecular flexibility index (Phi) is 16.9. The second kappa shape index (κ2) is 12.3. The van der Waals surface area contributed by atoms with Crippen LogP contribution in [-0.4, -0.2) is 71.7 Å². The van der Waals surface area contributed by atoms with Crippen molar-refractivity contribution in [2.45, 2.75) is 23.7 Å². The van der Waals surface area contributed by atoms with Crippen LogP contribution in [0.4, 0.5) is 0 Å². The molecule has 0 aliphatic rings. The predicted molar refractivity (Wildman–Crippen MR) is 59.1 cm³/mol. The van der Waals surface area contributed by atoms with Crippen LogP contribution in [0.5, 0.6) is 0 Å². The maximum absolute atomic E-state index is 11.2. The number of aliphatic hydroxyl groups excluding tert-OH is 4. The van der Waals surface area contributed by atoms with Gasteiger partial charge in [0.2, 0.25) is 0 Å². The van der Waals surface area contributed by atoms with Gasteiger partial charge < -0.3 is 37.9 Å². The van der Waals surface area contributed by atoms with Gasteiger partial charge in [0.1, 0.15) is 18.3 Å². The van der Waals surface area contributed by atoms with E-state index in [0.717, 1.165) is 0 Å². The molecule has 0 radical (unpaired) electrons. The van der Waals surface area contributed by atoms with Gasteiger partial charge in [0.25, 0.3) is 5.34 Å². The monoisotopic (exact) mass is 403 g/mol. The molecular formula is C6H15K2O11P2+. The molecule has 0 bridgehead atoms. The van der Waals surface area contributed by atoms with E-state index in [0.29, 0.717) is 0 Å². The van der Waals surface area contributed by atoms with Gasteiger partial charge >= 0.3 is 119 Å². The number of carbonyl (C=O) groups excluding carboxylic acids is 1. The summed E-state index contributed by atoms with van der Waals surface area (Å²) in [6.07, 6.45) is -7.70. The van der Waals surface area contributed by atoms with Crippen molar-refractivity contribution in [3.05, 3.63) is 0 Å². The van der Waals surface area contributed by atoms with Crippen LogP contribution in [-0.2, 0) is 18.4 Å². The first kappa shape index (κ1) is 28.7. The zero-order valence-electron chi connectivity index (χ0n) is 13.2. The average molecular weight is 403 g/mol. The molecule has 0 saturated carbocycles. The first-order valence-electron chi connectivity index (χ1n) is 4.54. The van der Waals surface area contributed by atoms with Crippen LogP contribution in [0.1, 0.15) is 2.85 Å². The number of hydrogen-bond donors (Lipinski definition) is 7. The Morgan fingerprint density at radius 2 is 1.71 bits per heavy atom. The first-order valence-corrected chi connectivity index (χ1v) is 7.29. The van der Waals surface area contributed by atoms with Crippen molar-refractivity contribution in [1.29, 1.82) is 0 Å². The maximum atomic E-state index is 11.2. The van der Waals surface area contributed by atoms with Gasteiger partial charge in [0, 0.05) is 4.57 Å². The number of hydrogen-bond acceptors (Lipinski definition) is 8. The van der Waals surface area contributed by atoms with E-state index in [4.69, 9.17) is 24.9 Å². The zero-order valence-corrected chi connectivity index (χ0v) is 19.2. The van der Waals surface area contributed by atoms with Crippen molar-refractivity contribution >= 4 is 22.1 Å². The van der Waals surface area contributed by atoms with Gasteiger partial charge in [-0.15, -0.1) is 4.89 Å². The van der Waals surface area contributed by atoms with Crippen LogP contribution in [0.15, 0.2) is 0 Å². The van der Waals surface area contributed by atoms with E-state index < -0.39 is 46.1 Å². The van der Waals surface area contributed by atoms with Gasteiger partial charge in [-0.2, -0.15) is 0 Å². The molecule has 11 nitrogen and oxygen atoms in total. The first-order chi connectivity index (χ1) is 8.53. The molecule has 0 amide bonds. The van der Waals surface area contributed by atoms with Gasteiger partial charge in [-0.05, 0) is 0 Å². The second-order valence-electron chi connectivity index (χ2n) is 3.44. The third kappa shape index (κ3) is 7.80. The summed E-state index contributed by atoms with van der Waals surface area (Å²) >= 11 is 0. The largest absolute Gasteiger partial charge is 1.00 e. The standard InChI is InChI=1S/C6H12O11P2.2K.2H/c7-1-3(9)4(10)5(11)6(2-8,17-18(12)13)19(14,15)16;;;;/h1,3-5,8-11H,2H2,(H2-,12,13,14,15,16);;;;/q;2*+1;2*-1/p+1/t3-,4+,5-,6+;;;;/m0..../s1. The minimum Gasteiger partial charge on any atom is -1.00 e. The molecule has 0 aliphatic carbocycles. The Labute approximate surface area is 208 Å². The molecule has 5 atom stereocenters. The van der Waals surface area contributed by atoms with Gasteiger partial charge in [0.05, 0.1) is 6.61 Å². The third-order valence-corrected chi connectivity index (χ3v) is 4.34. The Morgan fingerprint density at radius 1 is 1.29 bits per heavy atom. The molecule has 0 rings (SSSR count). The molecule has 0 spiro atoms. The Hall–Kier alpha value is 2.95. The van der Waals surface area contributed by atoms with E-state index in [1.165, 1.54) is 0 Å². The fourth-order valence-electron chi connectivity index (χ4n) is 1.16. The molecule has 116 valence electrons. The topological polar surface area (TPSA) is 202 Å². The van der Waals surface area contributed by atoms with Crippen LogP contribution in [0.3, 0.4) is 0 Å². The molecule has 0 aromatic carbocycles. The Bertz CT molecular complexity index is 399. The summed E-state index contributed by atoms with van der Waals surface area (Å²) in [5.74, 6) is 0. The number of aliphatic hydroxyl groups is 4. The third-order valence-electron chi connectivity index (χ3n) is 2.23. The van der Waals surface area contributed by atoms with Crippen molar-refractivity contribution in [2.24, 2.45) is 0 Å². The SMILES string of the molecule is O=C[C@H](O)[C@@H](O)[C@H](O)[C@](CO)(O[P+](=O)O)P(=O)(O)O.[H-].[H-].[K+].[K+]. The van der Waals surface area contributed by atoms with Crippen molar-refractivity contribution < 1.29 is 159 Å². The molecule has 15 heteroatoms. The number of carbonyl (C=O) groups is 1. The van der Waals surface area contributed by atoms with Crippen LogP contribution >= 0.6 is 15.9 Å². The predicted octanol–water partition coefficient (Wildman–Crippen LogP) is -8.97. The summed E-state index contributed by atoms with van der Waals surface area (Å²) in [6.45, 7) is -1.66. The van der Waals surface area contributed by atoms with E-state index in [9.17, 15) is 24.1 Å². The van der Waals surface area contributed by atoms with Crippen molar-refractivity contribution in [3.8, 4) is 0 Å². The van der Waals surface area contributed by atoms with Crippen molar-refractivity contribution in [3.63, 3.8) is 0 Å². The summed E-state index contributed by atoms with van der Waals surface area (Å²) in [5.41, 5.74) is 0. The van der Waals surface area contributed by atoms with Crippen LogP contribution in [0, 0.1) is 0 Å². The van der Waals surface area contributed by atoms with Gasteiger partial charge in [-0.25, -0.2) is 0 Å². The number of aldehydes is 1. The smallest absolute Gasteiger partial charge is 1.00 e. The normalized spacial score (nSPS) is 19.1. The van der Waals surface area contributed by atoms with E-state index in [2.05, 4.69) is 4.52 Å². The van der Waals surface area contributed by atoms with Crippen molar-refractivity contribution in [2.75, 3.05) is 6.61 Å². The summed E-state index contributed by atoms with van der Waals surface area (Å²) in [4.78, 5) is 36.7. The van der Waals surface area contributed by atoms with Crippen molar-refractivity contribution in [1.82, 2.24) is 0 Å². The average Bonchev–Trinajstić information content (AvgIpc) is 2.31. The molecule has 0 aromatic heterocycles. The summed E-state index contributed by atoms with van der Waals surface area (Å²) in [7, 11) is -9.26. The minimum atomic E-state index is -5.57. The van der Waals surface area contributed by atoms with Crippen LogP contribution < -0.4 is 103 Å². The van der Waals surface area contributed by atoms with Gasteiger partial charge in [-0.1, -0.05) is 4.52 Å². The fraction of sp³-hybridized carbons (Fsp3) is 0.833. The molecule has 0 heterocycles. The molecule has 0 aromatic rings. The summed E-state index contributed by atoms with van der Waals surface area (Å²) < 4.78 is 25.7. The van der Waals surface area contributed by atoms with E-state index >= 15 is 0 Å². The fourth-order valence-corrected chi connectivity index (χ4v) is 2.92. The Balaban J connectivity index is -0.000000270. The van der Waals surface area contributed by atoms with E-state index in [1.807, 2.05) is 0 Å².